The van der Waals surface area contributed by atoms with Crippen LogP contribution in [0.1, 0.15) is 6.42 Å². The second kappa shape index (κ2) is 6.03. The van der Waals surface area contributed by atoms with E-state index < -0.39 is 6.10 Å². The number of nitrogens with two attached hydrogens (primary N) is 1. The van der Waals surface area contributed by atoms with Crippen LogP contribution in [0.25, 0.3) is 0 Å². The van der Waals surface area contributed by atoms with E-state index >= 15 is 0 Å². The van der Waals surface area contributed by atoms with Crippen LogP contribution in [0.3, 0.4) is 0 Å². The lowest BCUT2D eigenvalue weighted by Crippen LogP contribution is -2.31. The number of halogens is 2. The van der Waals surface area contributed by atoms with Crippen LogP contribution < -0.4 is 10.6 Å². The van der Waals surface area contributed by atoms with Gasteiger partial charge in [-0.3, -0.25) is 0 Å². The summed E-state index contributed by atoms with van der Waals surface area (Å²) in [6.07, 6.45) is -0.0691. The van der Waals surface area contributed by atoms with Crippen LogP contribution in [-0.2, 0) is 0 Å². The molecular formula is C11H16ClFN2O. The molecule has 0 fully saturated rings. The van der Waals surface area contributed by atoms with Gasteiger partial charge in [0.05, 0.1) is 11.8 Å². The highest BCUT2D eigenvalue weighted by Gasteiger charge is 2.12. The predicted octanol–water partition coefficient (Wildman–Crippen LogP) is 1.62. The van der Waals surface area contributed by atoms with Crippen LogP contribution in [-0.4, -0.2) is 31.3 Å². The third kappa shape index (κ3) is 3.63. The standard InChI is InChI=1S/C11H16ClFN2O/c1-15(7-9(16)4-5-14)11-6-8(12)2-3-10(11)13/h2-3,6,9,16H,4-5,7,14H2,1H3. The Balaban J connectivity index is 2.72. The highest BCUT2D eigenvalue weighted by atomic mass is 35.5. The molecule has 1 unspecified atom stereocenters. The summed E-state index contributed by atoms with van der Waals surface area (Å²) in [5.41, 5.74) is 5.70. The first kappa shape index (κ1) is 13.2. The monoisotopic (exact) mass is 246 g/mol. The van der Waals surface area contributed by atoms with Gasteiger partial charge in [-0.2, -0.15) is 0 Å². The molecule has 16 heavy (non-hydrogen) atoms. The van der Waals surface area contributed by atoms with Crippen molar-refractivity contribution in [3.8, 4) is 0 Å². The number of benzene rings is 1. The van der Waals surface area contributed by atoms with Crippen molar-refractivity contribution in [2.24, 2.45) is 5.73 Å². The molecule has 0 saturated heterocycles. The van der Waals surface area contributed by atoms with Crippen molar-refractivity contribution in [2.45, 2.75) is 12.5 Å². The van der Waals surface area contributed by atoms with Gasteiger partial charge in [0.1, 0.15) is 5.82 Å². The van der Waals surface area contributed by atoms with Gasteiger partial charge in [0.2, 0.25) is 0 Å². The molecule has 0 bridgehead atoms. The minimum atomic E-state index is -0.562. The van der Waals surface area contributed by atoms with E-state index in [1.54, 1.807) is 11.9 Å². The van der Waals surface area contributed by atoms with E-state index in [1.165, 1.54) is 18.2 Å². The van der Waals surface area contributed by atoms with Crippen molar-refractivity contribution >= 4 is 17.3 Å². The van der Waals surface area contributed by atoms with E-state index in [4.69, 9.17) is 17.3 Å². The zero-order chi connectivity index (χ0) is 12.1. The summed E-state index contributed by atoms with van der Waals surface area (Å²) in [7, 11) is 1.70. The van der Waals surface area contributed by atoms with E-state index in [9.17, 15) is 9.50 Å². The third-order valence-electron chi connectivity index (χ3n) is 2.30. The minimum absolute atomic E-state index is 0.328. The lowest BCUT2D eigenvalue weighted by Gasteiger charge is -2.23. The number of aliphatic hydroxyl groups is 1. The molecule has 3 N–H and O–H groups in total. The molecule has 0 aliphatic heterocycles. The Morgan fingerprint density at radius 2 is 2.25 bits per heavy atom. The second-order valence-electron chi connectivity index (χ2n) is 3.71. The number of rotatable bonds is 5. The van der Waals surface area contributed by atoms with Crippen LogP contribution in [0.4, 0.5) is 10.1 Å². The normalized spacial score (nSPS) is 12.6. The fraction of sp³-hybridized carbons (Fsp3) is 0.455. The summed E-state index contributed by atoms with van der Waals surface area (Å²) >= 11 is 5.78. The molecule has 1 aromatic rings. The zero-order valence-electron chi connectivity index (χ0n) is 9.16. The van der Waals surface area contributed by atoms with Crippen LogP contribution in [0, 0.1) is 5.82 Å². The zero-order valence-corrected chi connectivity index (χ0v) is 9.91. The van der Waals surface area contributed by atoms with Gasteiger partial charge in [-0.1, -0.05) is 11.6 Å². The number of likely N-dealkylation sites (N-methyl/N-ethyl adjacent to an activating group) is 1. The Hall–Kier alpha value is -0.840. The van der Waals surface area contributed by atoms with E-state index in [1.807, 2.05) is 0 Å². The number of hydrogen-bond donors (Lipinski definition) is 2. The lowest BCUT2D eigenvalue weighted by atomic mass is 10.2. The molecule has 0 aliphatic carbocycles. The topological polar surface area (TPSA) is 49.5 Å². The highest BCUT2D eigenvalue weighted by molar-refractivity contribution is 6.30. The largest absolute Gasteiger partial charge is 0.391 e. The molecule has 1 atom stereocenters. The average molecular weight is 247 g/mol. The molecule has 1 rings (SSSR count). The molecule has 0 radical (unpaired) electrons. The fourth-order valence-corrected chi connectivity index (χ4v) is 1.64. The molecule has 1 aromatic carbocycles. The first-order chi connectivity index (χ1) is 7.54. The number of anilines is 1. The molecule has 3 nitrogen and oxygen atoms in total. The van der Waals surface area contributed by atoms with Gasteiger partial charge in [0.25, 0.3) is 0 Å². The molecule has 0 spiro atoms. The van der Waals surface area contributed by atoms with Gasteiger partial charge in [-0.25, -0.2) is 4.39 Å². The van der Waals surface area contributed by atoms with Crippen LogP contribution in [0.2, 0.25) is 5.02 Å². The van der Waals surface area contributed by atoms with Gasteiger partial charge in [0, 0.05) is 18.6 Å². The Kier molecular flexibility index (Phi) is 4.99. The minimum Gasteiger partial charge on any atom is -0.391 e. The summed E-state index contributed by atoms with van der Waals surface area (Å²) in [6.45, 7) is 0.738. The molecule has 0 amide bonds. The smallest absolute Gasteiger partial charge is 0.146 e. The van der Waals surface area contributed by atoms with Gasteiger partial charge in [-0.05, 0) is 31.2 Å². The first-order valence-electron chi connectivity index (χ1n) is 5.09. The second-order valence-corrected chi connectivity index (χ2v) is 4.14. The van der Waals surface area contributed by atoms with Crippen LogP contribution in [0.5, 0.6) is 0 Å². The van der Waals surface area contributed by atoms with Crippen molar-refractivity contribution in [1.29, 1.82) is 0 Å². The number of nitrogens with zero attached hydrogens (tertiary/aromatic N) is 1. The molecule has 0 aromatic heterocycles. The van der Waals surface area contributed by atoms with Crippen molar-refractivity contribution in [2.75, 3.05) is 25.0 Å². The molecule has 90 valence electrons. The van der Waals surface area contributed by atoms with Crippen molar-refractivity contribution in [3.63, 3.8) is 0 Å². The molecule has 0 aliphatic rings. The molecule has 0 saturated carbocycles. The summed E-state index contributed by atoms with van der Waals surface area (Å²) < 4.78 is 13.4. The molecule has 0 heterocycles. The maximum absolute atomic E-state index is 13.4. The summed E-state index contributed by atoms with van der Waals surface area (Å²) in [5.74, 6) is -0.355. The van der Waals surface area contributed by atoms with E-state index in [-0.39, 0.29) is 5.82 Å². The molecule has 5 heteroatoms. The summed E-state index contributed by atoms with van der Waals surface area (Å²) in [5, 5.41) is 10.0. The quantitative estimate of drug-likeness (QED) is 0.830. The van der Waals surface area contributed by atoms with Gasteiger partial charge < -0.3 is 15.7 Å². The van der Waals surface area contributed by atoms with E-state index in [0.717, 1.165) is 0 Å². The molecular weight excluding hydrogens is 231 g/mol. The maximum atomic E-state index is 13.4. The van der Waals surface area contributed by atoms with Gasteiger partial charge in [-0.15, -0.1) is 0 Å². The van der Waals surface area contributed by atoms with Crippen molar-refractivity contribution in [3.05, 3.63) is 29.0 Å². The van der Waals surface area contributed by atoms with E-state index in [0.29, 0.717) is 30.2 Å². The number of aliphatic hydroxyl groups excluding tert-OH is 1. The van der Waals surface area contributed by atoms with Crippen LogP contribution in [0.15, 0.2) is 18.2 Å². The Bertz CT molecular complexity index is 349. The maximum Gasteiger partial charge on any atom is 0.146 e. The fourth-order valence-electron chi connectivity index (χ4n) is 1.48. The Morgan fingerprint density at radius 1 is 1.56 bits per heavy atom. The van der Waals surface area contributed by atoms with Gasteiger partial charge in [0.15, 0.2) is 0 Å². The highest BCUT2D eigenvalue weighted by Crippen LogP contribution is 2.22. The summed E-state index contributed by atoms with van der Waals surface area (Å²) in [6, 6.07) is 4.33. The number of hydrogen-bond acceptors (Lipinski definition) is 3. The van der Waals surface area contributed by atoms with Crippen molar-refractivity contribution in [1.82, 2.24) is 0 Å². The van der Waals surface area contributed by atoms with Crippen LogP contribution >= 0.6 is 11.6 Å². The van der Waals surface area contributed by atoms with Gasteiger partial charge >= 0.3 is 0 Å². The lowest BCUT2D eigenvalue weighted by molar-refractivity contribution is 0.174. The first-order valence-corrected chi connectivity index (χ1v) is 5.46. The van der Waals surface area contributed by atoms with Crippen molar-refractivity contribution < 1.29 is 9.50 Å². The Morgan fingerprint density at radius 3 is 2.88 bits per heavy atom. The Labute approximate surface area is 99.6 Å². The third-order valence-corrected chi connectivity index (χ3v) is 2.54. The average Bonchev–Trinajstić information content (AvgIpc) is 2.21. The predicted molar refractivity (Wildman–Crippen MR) is 64.4 cm³/mol. The SMILES string of the molecule is CN(CC(O)CCN)c1cc(Cl)ccc1F. The van der Waals surface area contributed by atoms with E-state index in [2.05, 4.69) is 0 Å². The summed E-state index contributed by atoms with van der Waals surface area (Å²) in [4.78, 5) is 1.63.